The molecule has 7 heteroatoms. The van der Waals surface area contributed by atoms with Crippen molar-refractivity contribution < 1.29 is 14.4 Å². The van der Waals surface area contributed by atoms with E-state index in [2.05, 4.69) is 17.6 Å². The molecule has 4 amide bonds. The summed E-state index contributed by atoms with van der Waals surface area (Å²) in [5.41, 5.74) is 0.898. The lowest BCUT2D eigenvalue weighted by Gasteiger charge is -2.37. The lowest BCUT2D eigenvalue weighted by molar-refractivity contribution is -0.135. The van der Waals surface area contributed by atoms with Gasteiger partial charge in [0.2, 0.25) is 0 Å². The largest absolute Gasteiger partial charge is 0.355 e. The first-order valence-electron chi connectivity index (χ1n) is 9.51. The second-order valence-electron chi connectivity index (χ2n) is 7.71. The molecule has 0 aromatic heterocycles. The van der Waals surface area contributed by atoms with E-state index in [-0.39, 0.29) is 30.4 Å². The van der Waals surface area contributed by atoms with Gasteiger partial charge in [0, 0.05) is 19.2 Å². The number of nitrogens with zero attached hydrogens (tertiary/aromatic N) is 2. The molecule has 27 heavy (non-hydrogen) atoms. The summed E-state index contributed by atoms with van der Waals surface area (Å²) in [6, 6.07) is 7.02. The zero-order valence-corrected chi connectivity index (χ0v) is 16.2. The third-order valence-electron chi connectivity index (χ3n) is 5.78. The molecule has 7 nitrogen and oxygen atoms in total. The van der Waals surface area contributed by atoms with Crippen LogP contribution in [-0.2, 0) is 11.3 Å². The molecule has 2 fully saturated rings. The molecule has 0 unspecified atom stereocenters. The molecule has 0 radical (unpaired) electrons. The van der Waals surface area contributed by atoms with Crippen LogP contribution in [0.15, 0.2) is 24.3 Å². The zero-order chi connectivity index (χ0) is 19.6. The fourth-order valence-corrected chi connectivity index (χ4v) is 4.13. The van der Waals surface area contributed by atoms with Gasteiger partial charge in [0.25, 0.3) is 11.8 Å². The Hall–Kier alpha value is -2.41. The highest BCUT2D eigenvalue weighted by Gasteiger charge is 2.54. The predicted octanol–water partition coefficient (Wildman–Crippen LogP) is 1.94. The first-order chi connectivity index (χ1) is 12.9. The maximum absolute atomic E-state index is 13.0. The third-order valence-corrected chi connectivity index (χ3v) is 5.78. The normalized spacial score (nSPS) is 25.2. The molecule has 2 atom stereocenters. The molecule has 1 aromatic carbocycles. The van der Waals surface area contributed by atoms with Gasteiger partial charge in [-0.3, -0.25) is 14.5 Å². The van der Waals surface area contributed by atoms with Crippen molar-refractivity contribution in [2.24, 2.45) is 5.92 Å². The van der Waals surface area contributed by atoms with Crippen molar-refractivity contribution in [3.05, 3.63) is 35.4 Å². The van der Waals surface area contributed by atoms with Crippen molar-refractivity contribution in [3.8, 4) is 0 Å². The second-order valence-corrected chi connectivity index (χ2v) is 7.71. The van der Waals surface area contributed by atoms with E-state index < -0.39 is 5.54 Å². The predicted molar refractivity (Wildman–Crippen MR) is 102 cm³/mol. The average molecular weight is 372 g/mol. The van der Waals surface area contributed by atoms with Crippen LogP contribution >= 0.6 is 0 Å². The van der Waals surface area contributed by atoms with Crippen molar-refractivity contribution in [2.45, 2.75) is 44.7 Å². The first-order valence-corrected chi connectivity index (χ1v) is 9.51. The summed E-state index contributed by atoms with van der Waals surface area (Å²) >= 11 is 0. The number of benzene rings is 1. The maximum Gasteiger partial charge on any atom is 0.326 e. The number of hydrogen-bond acceptors (Lipinski definition) is 4. The summed E-state index contributed by atoms with van der Waals surface area (Å²) in [5, 5.41) is 5.57. The molecule has 2 aliphatic rings. The lowest BCUT2D eigenvalue weighted by atomic mass is 9.73. The van der Waals surface area contributed by atoms with Crippen molar-refractivity contribution in [3.63, 3.8) is 0 Å². The number of urea groups is 1. The molecule has 1 saturated carbocycles. The molecule has 0 bridgehead atoms. The first kappa shape index (κ1) is 19.4. The Morgan fingerprint density at radius 2 is 2.00 bits per heavy atom. The van der Waals surface area contributed by atoms with Gasteiger partial charge in [-0.1, -0.05) is 31.9 Å². The third kappa shape index (κ3) is 3.69. The molecule has 1 aromatic rings. The van der Waals surface area contributed by atoms with Crippen LogP contribution in [0.3, 0.4) is 0 Å². The van der Waals surface area contributed by atoms with Crippen LogP contribution in [0.5, 0.6) is 0 Å². The van der Waals surface area contributed by atoms with Crippen LogP contribution in [0.25, 0.3) is 0 Å². The van der Waals surface area contributed by atoms with Crippen LogP contribution in [0.2, 0.25) is 0 Å². The molecule has 1 saturated heterocycles. The van der Waals surface area contributed by atoms with E-state index in [0.717, 1.165) is 31.2 Å². The van der Waals surface area contributed by atoms with E-state index >= 15 is 0 Å². The van der Waals surface area contributed by atoms with E-state index in [1.165, 1.54) is 4.90 Å². The minimum absolute atomic E-state index is 0.0958. The number of carbonyl (C=O) groups excluding carboxylic acids is 3. The van der Waals surface area contributed by atoms with E-state index in [9.17, 15) is 14.4 Å². The Kier molecular flexibility index (Phi) is 5.51. The Balaban J connectivity index is 1.64. The molecule has 3 rings (SSSR count). The van der Waals surface area contributed by atoms with Gasteiger partial charge in [-0.05, 0) is 43.5 Å². The molecule has 146 valence electrons. The number of amides is 4. The summed E-state index contributed by atoms with van der Waals surface area (Å²) in [6.07, 6.45) is 3.77. The van der Waals surface area contributed by atoms with Gasteiger partial charge in [0.1, 0.15) is 5.54 Å². The van der Waals surface area contributed by atoms with Crippen LogP contribution in [0.4, 0.5) is 4.79 Å². The minimum atomic E-state index is -0.717. The van der Waals surface area contributed by atoms with Gasteiger partial charge in [-0.15, -0.1) is 0 Å². The highest BCUT2D eigenvalue weighted by atomic mass is 16.2. The van der Waals surface area contributed by atoms with Gasteiger partial charge in [0.05, 0.1) is 6.67 Å². The minimum Gasteiger partial charge on any atom is -0.355 e. The second kappa shape index (κ2) is 7.68. The topological polar surface area (TPSA) is 81.8 Å². The Labute approximate surface area is 160 Å². The molecule has 2 N–H and O–H groups in total. The van der Waals surface area contributed by atoms with Crippen LogP contribution in [0, 0.1) is 5.92 Å². The monoisotopic (exact) mass is 372 g/mol. The fraction of sp³-hybridized carbons (Fsp3) is 0.550. The fourth-order valence-electron chi connectivity index (χ4n) is 4.13. The molecule has 1 spiro atoms. The van der Waals surface area contributed by atoms with Crippen molar-refractivity contribution in [1.82, 2.24) is 20.4 Å². The quantitative estimate of drug-likeness (QED) is 0.774. The van der Waals surface area contributed by atoms with Gasteiger partial charge in [0.15, 0.2) is 0 Å². The molecular weight excluding hydrogens is 344 g/mol. The Morgan fingerprint density at radius 1 is 1.30 bits per heavy atom. The van der Waals surface area contributed by atoms with Gasteiger partial charge in [-0.2, -0.15) is 0 Å². The summed E-state index contributed by atoms with van der Waals surface area (Å²) in [6.45, 7) is 2.88. The standard InChI is InChI=1S/C20H28N4O3/c1-14-6-4-5-11-20(14)18(26)24(19(27)22-20)13-23(3)12-15-7-9-16(10-8-15)17(25)21-2/h7-10,14H,4-6,11-13H2,1-3H3,(H,21,25)(H,22,27)/t14-,20+/m0/s1. The van der Waals surface area contributed by atoms with E-state index in [1.54, 1.807) is 19.2 Å². The molecule has 1 aliphatic carbocycles. The van der Waals surface area contributed by atoms with E-state index in [0.29, 0.717) is 12.1 Å². The van der Waals surface area contributed by atoms with Gasteiger partial charge >= 0.3 is 6.03 Å². The highest BCUT2D eigenvalue weighted by Crippen LogP contribution is 2.38. The summed E-state index contributed by atoms with van der Waals surface area (Å²) in [7, 11) is 3.48. The van der Waals surface area contributed by atoms with Crippen molar-refractivity contribution in [1.29, 1.82) is 0 Å². The maximum atomic E-state index is 13.0. The lowest BCUT2D eigenvalue weighted by Crippen LogP contribution is -2.54. The van der Waals surface area contributed by atoms with Crippen LogP contribution in [0.1, 0.15) is 48.5 Å². The SMILES string of the molecule is CNC(=O)c1ccc(CN(C)CN2C(=O)N[C@@]3(CCCC[C@@H]3C)C2=O)cc1. The van der Waals surface area contributed by atoms with Gasteiger partial charge < -0.3 is 10.6 Å². The Bertz CT molecular complexity index is 733. The number of imide groups is 1. The van der Waals surface area contributed by atoms with E-state index in [4.69, 9.17) is 0 Å². The van der Waals surface area contributed by atoms with Crippen molar-refractivity contribution in [2.75, 3.05) is 20.8 Å². The summed E-state index contributed by atoms with van der Waals surface area (Å²) < 4.78 is 0. The average Bonchev–Trinajstić information content (AvgIpc) is 2.89. The number of rotatable bonds is 5. The molecule has 1 aliphatic heterocycles. The Morgan fingerprint density at radius 3 is 2.63 bits per heavy atom. The number of carbonyl (C=O) groups is 3. The number of nitrogens with one attached hydrogen (secondary N) is 2. The van der Waals surface area contributed by atoms with Crippen LogP contribution in [-0.4, -0.2) is 53.9 Å². The number of hydrogen-bond donors (Lipinski definition) is 2. The summed E-state index contributed by atoms with van der Waals surface area (Å²) in [4.78, 5) is 40.4. The molecule has 1 heterocycles. The zero-order valence-electron chi connectivity index (χ0n) is 16.2. The smallest absolute Gasteiger partial charge is 0.326 e. The van der Waals surface area contributed by atoms with E-state index in [1.807, 2.05) is 24.1 Å². The summed E-state index contributed by atoms with van der Waals surface area (Å²) in [5.74, 6) is -0.0575. The van der Waals surface area contributed by atoms with Gasteiger partial charge in [-0.25, -0.2) is 9.69 Å². The molecular formula is C20H28N4O3. The highest BCUT2D eigenvalue weighted by molar-refractivity contribution is 6.07. The van der Waals surface area contributed by atoms with Crippen LogP contribution < -0.4 is 10.6 Å². The van der Waals surface area contributed by atoms with Crippen molar-refractivity contribution >= 4 is 17.8 Å².